The van der Waals surface area contributed by atoms with Crippen molar-refractivity contribution in [1.29, 1.82) is 0 Å². The zero-order valence-corrected chi connectivity index (χ0v) is 9.77. The van der Waals surface area contributed by atoms with Crippen molar-refractivity contribution in [2.45, 2.75) is 0 Å². The molecule has 3 aromatic carbocycles. The van der Waals surface area contributed by atoms with Gasteiger partial charge in [-0.15, -0.1) is 0 Å². The number of rotatable bonds is 0. The summed E-state index contributed by atoms with van der Waals surface area (Å²) in [6.07, 6.45) is 4.51. The van der Waals surface area contributed by atoms with E-state index in [0.29, 0.717) is 0 Å². The van der Waals surface area contributed by atoms with Crippen LogP contribution in [0.2, 0.25) is 0 Å². The van der Waals surface area contributed by atoms with Crippen LogP contribution >= 0.6 is 0 Å². The van der Waals surface area contributed by atoms with Crippen molar-refractivity contribution in [3.05, 3.63) is 59.7 Å². The molecule has 0 fully saturated rings. The van der Waals surface area contributed by atoms with E-state index in [1.54, 1.807) is 0 Å². The summed E-state index contributed by atoms with van der Waals surface area (Å²) in [4.78, 5) is 0. The number of benzene rings is 3. The van der Waals surface area contributed by atoms with Gasteiger partial charge in [0, 0.05) is 0 Å². The van der Waals surface area contributed by atoms with E-state index in [2.05, 4.69) is 60.7 Å². The van der Waals surface area contributed by atoms with E-state index in [0.717, 1.165) is 0 Å². The summed E-state index contributed by atoms with van der Waals surface area (Å²) < 4.78 is 0. The molecule has 82 valence electrons. The summed E-state index contributed by atoms with van der Waals surface area (Å²) in [5.74, 6) is 0. The summed E-state index contributed by atoms with van der Waals surface area (Å²) in [5.41, 5.74) is 8.43. The lowest BCUT2D eigenvalue weighted by Crippen LogP contribution is -2.01. The SMILES string of the molecule is C1=Cc2c3c(cc4cccc1c24)-c1ccccc1-3. The van der Waals surface area contributed by atoms with Gasteiger partial charge in [-0.2, -0.15) is 0 Å². The summed E-state index contributed by atoms with van der Waals surface area (Å²) in [6.45, 7) is 0. The van der Waals surface area contributed by atoms with Crippen LogP contribution in [0.15, 0.2) is 48.5 Å². The molecule has 0 N–H and O–H groups in total. The van der Waals surface area contributed by atoms with Crippen molar-refractivity contribution >= 4 is 22.9 Å². The predicted octanol–water partition coefficient (Wildman–Crippen LogP) is 4.97. The van der Waals surface area contributed by atoms with E-state index in [4.69, 9.17) is 0 Å². The molecule has 0 saturated heterocycles. The molecule has 2 aliphatic rings. The first-order valence-corrected chi connectivity index (χ1v) is 6.31. The molecule has 0 heterocycles. The van der Waals surface area contributed by atoms with Crippen molar-refractivity contribution < 1.29 is 0 Å². The molecule has 5 rings (SSSR count). The highest BCUT2D eigenvalue weighted by Gasteiger charge is 2.27. The summed E-state index contributed by atoms with van der Waals surface area (Å²) >= 11 is 0. The molecule has 0 heteroatoms. The standard InChI is InChI=1S/C18H10/c1-2-7-14-13(6-1)16-10-12-5-3-4-11-8-9-15(17(11)12)18(14)16/h1-10H. The smallest absolute Gasteiger partial charge is 0.00197 e. The van der Waals surface area contributed by atoms with Crippen LogP contribution in [-0.4, -0.2) is 0 Å². The van der Waals surface area contributed by atoms with Crippen molar-refractivity contribution in [1.82, 2.24) is 0 Å². The minimum atomic E-state index is 1.36. The Hall–Kier alpha value is -2.34. The fourth-order valence-electron chi connectivity index (χ4n) is 3.37. The third-order valence-corrected chi connectivity index (χ3v) is 4.15. The van der Waals surface area contributed by atoms with Gasteiger partial charge in [0.1, 0.15) is 0 Å². The Bertz CT molecular complexity index is 867. The summed E-state index contributed by atoms with van der Waals surface area (Å²) in [7, 11) is 0. The highest BCUT2D eigenvalue weighted by atomic mass is 14.3. The fraction of sp³-hybridized carbons (Fsp3) is 0. The fourth-order valence-corrected chi connectivity index (χ4v) is 3.37. The van der Waals surface area contributed by atoms with Gasteiger partial charge < -0.3 is 0 Å². The summed E-state index contributed by atoms with van der Waals surface area (Å²) in [5, 5.41) is 2.78. The molecule has 0 radical (unpaired) electrons. The van der Waals surface area contributed by atoms with Crippen LogP contribution in [0, 0.1) is 0 Å². The first-order valence-electron chi connectivity index (χ1n) is 6.31. The van der Waals surface area contributed by atoms with Crippen molar-refractivity contribution in [3.63, 3.8) is 0 Å². The average Bonchev–Trinajstić information content (AvgIpc) is 2.82. The largest absolute Gasteiger partial charge is 0.0616 e. The van der Waals surface area contributed by atoms with Gasteiger partial charge in [-0.3, -0.25) is 0 Å². The van der Waals surface area contributed by atoms with Crippen LogP contribution in [0.5, 0.6) is 0 Å². The molecule has 0 aliphatic heterocycles. The minimum Gasteiger partial charge on any atom is -0.0616 e. The van der Waals surface area contributed by atoms with Gasteiger partial charge in [0.05, 0.1) is 0 Å². The third-order valence-electron chi connectivity index (χ3n) is 4.15. The molecule has 0 spiro atoms. The van der Waals surface area contributed by atoms with Gasteiger partial charge in [-0.25, -0.2) is 0 Å². The van der Waals surface area contributed by atoms with Crippen LogP contribution in [0.1, 0.15) is 11.1 Å². The zero-order valence-electron chi connectivity index (χ0n) is 9.77. The Morgan fingerprint density at radius 2 is 1.56 bits per heavy atom. The van der Waals surface area contributed by atoms with Gasteiger partial charge in [-0.1, -0.05) is 54.6 Å². The Morgan fingerprint density at radius 1 is 0.667 bits per heavy atom. The molecular weight excluding hydrogens is 216 g/mol. The third kappa shape index (κ3) is 0.820. The van der Waals surface area contributed by atoms with Gasteiger partial charge in [0.2, 0.25) is 0 Å². The van der Waals surface area contributed by atoms with E-state index >= 15 is 0 Å². The minimum absolute atomic E-state index is 1.36. The second-order valence-corrected chi connectivity index (χ2v) is 5.04. The first-order chi connectivity index (χ1) is 8.93. The molecular formula is C18H10. The lowest BCUT2D eigenvalue weighted by Gasteiger charge is -2.26. The van der Waals surface area contributed by atoms with Crippen LogP contribution in [0.3, 0.4) is 0 Å². The van der Waals surface area contributed by atoms with Crippen LogP contribution in [-0.2, 0) is 0 Å². The molecule has 0 bridgehead atoms. The maximum Gasteiger partial charge on any atom is -0.00197 e. The van der Waals surface area contributed by atoms with Crippen molar-refractivity contribution in [3.8, 4) is 22.3 Å². The highest BCUT2D eigenvalue weighted by Crippen LogP contribution is 2.53. The molecule has 0 saturated carbocycles. The highest BCUT2D eigenvalue weighted by molar-refractivity contribution is 6.18. The predicted molar refractivity (Wildman–Crippen MR) is 77.3 cm³/mol. The van der Waals surface area contributed by atoms with Crippen molar-refractivity contribution in [2.75, 3.05) is 0 Å². The van der Waals surface area contributed by atoms with Gasteiger partial charge >= 0.3 is 0 Å². The van der Waals surface area contributed by atoms with Crippen molar-refractivity contribution in [2.24, 2.45) is 0 Å². The molecule has 0 aromatic heterocycles. The number of hydrogen-bond donors (Lipinski definition) is 0. The molecule has 3 aromatic rings. The Balaban J connectivity index is 2.01. The van der Waals surface area contributed by atoms with Gasteiger partial charge in [0.15, 0.2) is 0 Å². The van der Waals surface area contributed by atoms with Crippen LogP contribution in [0.25, 0.3) is 45.2 Å². The van der Waals surface area contributed by atoms with E-state index < -0.39 is 0 Å². The van der Waals surface area contributed by atoms with Gasteiger partial charge in [-0.05, 0) is 50.2 Å². The monoisotopic (exact) mass is 226 g/mol. The lowest BCUT2D eigenvalue weighted by atomic mass is 9.76. The quantitative estimate of drug-likeness (QED) is 0.349. The molecule has 2 aliphatic carbocycles. The average molecular weight is 226 g/mol. The zero-order chi connectivity index (χ0) is 11.7. The molecule has 0 nitrogen and oxygen atoms in total. The topological polar surface area (TPSA) is 0 Å². The Labute approximate surface area is 105 Å². The first kappa shape index (κ1) is 8.71. The number of fused-ring (bicyclic) bond motifs is 5. The maximum atomic E-state index is 2.34. The van der Waals surface area contributed by atoms with E-state index in [9.17, 15) is 0 Å². The normalized spacial score (nSPS) is 13.3. The Morgan fingerprint density at radius 3 is 2.50 bits per heavy atom. The second kappa shape index (κ2) is 2.73. The molecule has 0 atom stereocenters. The molecule has 0 amide bonds. The van der Waals surface area contributed by atoms with Crippen LogP contribution < -0.4 is 0 Å². The van der Waals surface area contributed by atoms with Crippen LogP contribution in [0.4, 0.5) is 0 Å². The Kier molecular flexibility index (Phi) is 1.32. The summed E-state index contributed by atoms with van der Waals surface area (Å²) in [6, 6.07) is 17.6. The van der Waals surface area contributed by atoms with Gasteiger partial charge in [0.25, 0.3) is 0 Å². The molecule has 0 unspecified atom stereocenters. The molecule has 18 heavy (non-hydrogen) atoms. The lowest BCUT2D eigenvalue weighted by molar-refractivity contribution is 1.53. The number of hydrogen-bond acceptors (Lipinski definition) is 0. The van der Waals surface area contributed by atoms with E-state index in [1.165, 1.54) is 44.2 Å². The van der Waals surface area contributed by atoms with E-state index in [-0.39, 0.29) is 0 Å². The van der Waals surface area contributed by atoms with E-state index in [1.807, 2.05) is 0 Å². The second-order valence-electron chi connectivity index (χ2n) is 5.04. The maximum absolute atomic E-state index is 2.34.